The van der Waals surface area contributed by atoms with Gasteiger partial charge in [-0.2, -0.15) is 4.36 Å². The normalized spacial score (nSPS) is 11.4. The summed E-state index contributed by atoms with van der Waals surface area (Å²) in [5, 5.41) is 0.499. The number of hydrogen-bond donors (Lipinski definition) is 0. The molecule has 0 aliphatic rings. The zero-order valence-corrected chi connectivity index (χ0v) is 10.4. The molecule has 1 rings (SSSR count). The molecule has 0 N–H and O–H groups in total. The van der Waals surface area contributed by atoms with Gasteiger partial charge in [0.1, 0.15) is 0 Å². The van der Waals surface area contributed by atoms with Gasteiger partial charge in [0.05, 0.1) is 10.7 Å². The van der Waals surface area contributed by atoms with Gasteiger partial charge in [0, 0.05) is 26.7 Å². The van der Waals surface area contributed by atoms with Crippen LogP contribution < -0.4 is 0 Å². The summed E-state index contributed by atoms with van der Waals surface area (Å²) in [7, 11) is -2.15. The van der Waals surface area contributed by atoms with Crippen molar-refractivity contribution < 1.29 is 4.21 Å². The molecule has 0 spiro atoms. The van der Waals surface area contributed by atoms with Gasteiger partial charge in [-0.25, -0.2) is 4.21 Å². The Morgan fingerprint density at radius 3 is 2.62 bits per heavy atom. The van der Waals surface area contributed by atoms with Crippen molar-refractivity contribution in [3.63, 3.8) is 0 Å². The van der Waals surface area contributed by atoms with Gasteiger partial charge in [0.15, 0.2) is 0 Å². The maximum Gasteiger partial charge on any atom is 0.0927 e. The van der Waals surface area contributed by atoms with Crippen LogP contribution in [0.25, 0.3) is 0 Å². The fraction of sp³-hybridized carbons (Fsp3) is 0.250. The SMILES string of the molecule is CS(C)(=O)=Nc1cccc(Br)c1Cl. The Balaban J connectivity index is 3.34. The summed E-state index contributed by atoms with van der Waals surface area (Å²) in [5.41, 5.74) is 0.561. The van der Waals surface area contributed by atoms with Crippen molar-refractivity contribution in [3.8, 4) is 0 Å². The summed E-state index contributed by atoms with van der Waals surface area (Å²) in [6.07, 6.45) is 3.15. The number of halogens is 2. The second kappa shape index (κ2) is 3.98. The lowest BCUT2D eigenvalue weighted by Crippen LogP contribution is -1.89. The lowest BCUT2D eigenvalue weighted by molar-refractivity contribution is 0.684. The fourth-order valence-corrected chi connectivity index (χ4v) is 2.00. The Bertz CT molecular complexity index is 430. The minimum absolute atomic E-state index is 0.499. The highest BCUT2D eigenvalue weighted by atomic mass is 79.9. The molecule has 1 aromatic rings. The van der Waals surface area contributed by atoms with E-state index in [0.29, 0.717) is 10.7 Å². The molecule has 0 radical (unpaired) electrons. The molecule has 2 nitrogen and oxygen atoms in total. The third kappa shape index (κ3) is 3.29. The first-order valence-electron chi connectivity index (χ1n) is 3.51. The molecule has 0 saturated heterocycles. The Hall–Kier alpha value is -0.0600. The summed E-state index contributed by atoms with van der Waals surface area (Å²) in [6, 6.07) is 5.36. The summed E-state index contributed by atoms with van der Waals surface area (Å²) in [6.45, 7) is 0. The van der Waals surface area contributed by atoms with Crippen molar-refractivity contribution in [3.05, 3.63) is 27.7 Å². The van der Waals surface area contributed by atoms with Crippen LogP contribution in [0.1, 0.15) is 0 Å². The average molecular weight is 283 g/mol. The van der Waals surface area contributed by atoms with E-state index in [-0.39, 0.29) is 0 Å². The smallest absolute Gasteiger partial charge is 0.0927 e. The summed E-state index contributed by atoms with van der Waals surface area (Å²) >= 11 is 9.20. The van der Waals surface area contributed by atoms with Crippen LogP contribution in [0.4, 0.5) is 5.69 Å². The molecule has 0 saturated carbocycles. The molecule has 13 heavy (non-hydrogen) atoms. The predicted molar refractivity (Wildman–Crippen MR) is 61.2 cm³/mol. The first-order chi connectivity index (χ1) is 5.90. The molecule has 0 heterocycles. The molecule has 5 heteroatoms. The number of hydrogen-bond acceptors (Lipinski definition) is 2. The zero-order chi connectivity index (χ0) is 10.1. The van der Waals surface area contributed by atoms with Crippen LogP contribution in [0.5, 0.6) is 0 Å². The van der Waals surface area contributed by atoms with Gasteiger partial charge in [-0.15, -0.1) is 0 Å². The Kier molecular flexibility index (Phi) is 3.38. The second-order valence-electron chi connectivity index (χ2n) is 2.85. The van der Waals surface area contributed by atoms with Crippen molar-refractivity contribution in [2.75, 3.05) is 12.5 Å². The summed E-state index contributed by atoms with van der Waals surface area (Å²) in [4.78, 5) is 0. The maximum atomic E-state index is 11.4. The van der Waals surface area contributed by atoms with Crippen LogP contribution in [0.2, 0.25) is 5.02 Å². The van der Waals surface area contributed by atoms with Crippen molar-refractivity contribution in [1.29, 1.82) is 0 Å². The summed E-state index contributed by atoms with van der Waals surface area (Å²) < 4.78 is 16.2. The third-order valence-electron chi connectivity index (χ3n) is 1.25. The quantitative estimate of drug-likeness (QED) is 0.775. The van der Waals surface area contributed by atoms with Crippen LogP contribution in [0.3, 0.4) is 0 Å². The van der Waals surface area contributed by atoms with Crippen LogP contribution in [0, 0.1) is 0 Å². The van der Waals surface area contributed by atoms with Crippen molar-refractivity contribution in [2.45, 2.75) is 0 Å². The van der Waals surface area contributed by atoms with Crippen molar-refractivity contribution >= 4 is 42.9 Å². The highest BCUT2D eigenvalue weighted by molar-refractivity contribution is 9.10. The first kappa shape index (κ1) is 11.0. The Morgan fingerprint density at radius 2 is 2.08 bits per heavy atom. The molecule has 0 unspecified atom stereocenters. The van der Waals surface area contributed by atoms with Crippen molar-refractivity contribution in [2.24, 2.45) is 4.36 Å². The molecule has 1 aromatic carbocycles. The zero-order valence-electron chi connectivity index (χ0n) is 7.25. The predicted octanol–water partition coefficient (Wildman–Crippen LogP) is 3.46. The van der Waals surface area contributed by atoms with E-state index < -0.39 is 9.73 Å². The van der Waals surface area contributed by atoms with Gasteiger partial charge >= 0.3 is 0 Å². The van der Waals surface area contributed by atoms with E-state index in [4.69, 9.17) is 11.6 Å². The Labute approximate surface area is 91.6 Å². The first-order valence-corrected chi connectivity index (χ1v) is 7.01. The maximum absolute atomic E-state index is 11.4. The lowest BCUT2D eigenvalue weighted by Gasteiger charge is -2.01. The van der Waals surface area contributed by atoms with E-state index in [0.717, 1.165) is 4.47 Å². The topological polar surface area (TPSA) is 29.4 Å². The van der Waals surface area contributed by atoms with E-state index in [1.807, 2.05) is 6.07 Å². The molecule has 0 amide bonds. The molecule has 0 bridgehead atoms. The summed E-state index contributed by atoms with van der Waals surface area (Å²) in [5.74, 6) is 0. The van der Waals surface area contributed by atoms with Crippen LogP contribution in [-0.2, 0) is 9.73 Å². The van der Waals surface area contributed by atoms with Crippen LogP contribution in [0.15, 0.2) is 27.0 Å². The average Bonchev–Trinajstić information content (AvgIpc) is 1.96. The van der Waals surface area contributed by atoms with E-state index in [1.165, 1.54) is 0 Å². The largest absolute Gasteiger partial charge is 0.250 e. The van der Waals surface area contributed by atoms with E-state index in [1.54, 1.807) is 24.6 Å². The van der Waals surface area contributed by atoms with E-state index >= 15 is 0 Å². The fourth-order valence-electron chi connectivity index (χ4n) is 0.800. The number of rotatable bonds is 1. The van der Waals surface area contributed by atoms with Gasteiger partial charge < -0.3 is 0 Å². The Morgan fingerprint density at radius 1 is 1.46 bits per heavy atom. The lowest BCUT2D eigenvalue weighted by atomic mass is 10.3. The second-order valence-corrected chi connectivity index (χ2v) is 6.62. The van der Waals surface area contributed by atoms with Gasteiger partial charge in [0.25, 0.3) is 0 Å². The van der Waals surface area contributed by atoms with E-state index in [9.17, 15) is 4.21 Å². The molecule has 0 aliphatic carbocycles. The van der Waals surface area contributed by atoms with Gasteiger partial charge in [-0.1, -0.05) is 17.7 Å². The molecule has 72 valence electrons. The highest BCUT2D eigenvalue weighted by Crippen LogP contribution is 2.32. The molecular weight excluding hydrogens is 274 g/mol. The van der Waals surface area contributed by atoms with Gasteiger partial charge in [-0.05, 0) is 28.1 Å². The van der Waals surface area contributed by atoms with Gasteiger partial charge in [-0.3, -0.25) is 0 Å². The standard InChI is InChI=1S/C8H9BrClNOS/c1-13(2,12)11-7-5-3-4-6(9)8(7)10/h3-5H,1-2H3. The minimum Gasteiger partial charge on any atom is -0.250 e. The molecular formula is C8H9BrClNOS. The minimum atomic E-state index is -2.15. The molecule has 0 aromatic heterocycles. The van der Waals surface area contributed by atoms with Gasteiger partial charge in [0.2, 0.25) is 0 Å². The van der Waals surface area contributed by atoms with Crippen molar-refractivity contribution in [1.82, 2.24) is 0 Å². The van der Waals surface area contributed by atoms with E-state index in [2.05, 4.69) is 20.3 Å². The van der Waals surface area contributed by atoms with Crippen LogP contribution >= 0.6 is 27.5 Å². The molecule has 0 aliphatic heterocycles. The highest BCUT2D eigenvalue weighted by Gasteiger charge is 2.03. The number of benzene rings is 1. The van der Waals surface area contributed by atoms with Crippen LogP contribution in [-0.4, -0.2) is 16.7 Å². The third-order valence-corrected chi connectivity index (χ3v) is 3.17. The molecule has 0 atom stereocenters. The molecule has 0 fully saturated rings. The monoisotopic (exact) mass is 281 g/mol. The number of nitrogens with zero attached hydrogens (tertiary/aromatic N) is 1.